The average Bonchev–Trinajstić information content (AvgIpc) is 2.60. The lowest BCUT2D eigenvalue weighted by atomic mass is 10.2. The minimum atomic E-state index is -0.973. The van der Waals surface area contributed by atoms with E-state index >= 15 is 0 Å². The van der Waals surface area contributed by atoms with Crippen LogP contribution in [0, 0.1) is 17.5 Å². The minimum absolute atomic E-state index is 0.0773. The molecule has 126 valence electrons. The third kappa shape index (κ3) is 3.95. The second-order valence-electron chi connectivity index (χ2n) is 5.12. The van der Waals surface area contributed by atoms with Gasteiger partial charge >= 0.3 is 0 Å². The van der Waals surface area contributed by atoms with Crippen molar-refractivity contribution in [1.29, 1.82) is 0 Å². The van der Waals surface area contributed by atoms with Gasteiger partial charge in [0.2, 0.25) is 0 Å². The Balaban J connectivity index is 1.69. The standard InChI is InChI=1S/C18H12F3N3O/c19-14-4-2-1-3-13(14)18(25)24-12-6-8-17(22-10-12)23-11-5-7-15(20)16(21)9-11/h1-10H,(H,22,23)(H,24,25). The number of nitrogens with zero attached hydrogens (tertiary/aromatic N) is 1. The van der Waals surface area contributed by atoms with E-state index < -0.39 is 23.4 Å². The summed E-state index contributed by atoms with van der Waals surface area (Å²) in [5.41, 5.74) is 0.616. The van der Waals surface area contributed by atoms with E-state index in [2.05, 4.69) is 15.6 Å². The Hall–Kier alpha value is -3.35. The lowest BCUT2D eigenvalue weighted by Crippen LogP contribution is -2.13. The number of carbonyl (C=O) groups excluding carboxylic acids is 1. The van der Waals surface area contributed by atoms with Crippen LogP contribution in [0.2, 0.25) is 0 Å². The zero-order valence-electron chi connectivity index (χ0n) is 12.8. The van der Waals surface area contributed by atoms with Crippen molar-refractivity contribution in [1.82, 2.24) is 4.98 Å². The van der Waals surface area contributed by atoms with Gasteiger partial charge in [0.1, 0.15) is 11.6 Å². The van der Waals surface area contributed by atoms with Gasteiger partial charge in [0.15, 0.2) is 11.6 Å². The Morgan fingerprint density at radius 3 is 2.28 bits per heavy atom. The van der Waals surface area contributed by atoms with Gasteiger partial charge < -0.3 is 10.6 Å². The average molecular weight is 343 g/mol. The lowest BCUT2D eigenvalue weighted by molar-refractivity contribution is 0.102. The van der Waals surface area contributed by atoms with Crippen molar-refractivity contribution >= 4 is 23.1 Å². The third-order valence-electron chi connectivity index (χ3n) is 3.33. The van der Waals surface area contributed by atoms with Crippen LogP contribution in [0.3, 0.4) is 0 Å². The lowest BCUT2D eigenvalue weighted by Gasteiger charge is -2.08. The van der Waals surface area contributed by atoms with E-state index in [0.717, 1.165) is 12.1 Å². The van der Waals surface area contributed by atoms with Gasteiger partial charge in [0, 0.05) is 11.8 Å². The monoisotopic (exact) mass is 343 g/mol. The van der Waals surface area contributed by atoms with E-state index in [9.17, 15) is 18.0 Å². The quantitative estimate of drug-likeness (QED) is 0.734. The number of hydrogen-bond acceptors (Lipinski definition) is 3. The summed E-state index contributed by atoms with van der Waals surface area (Å²) in [4.78, 5) is 16.1. The molecule has 1 aromatic heterocycles. The van der Waals surface area contributed by atoms with Crippen molar-refractivity contribution in [3.8, 4) is 0 Å². The molecule has 0 saturated carbocycles. The van der Waals surface area contributed by atoms with Crippen LogP contribution in [0.1, 0.15) is 10.4 Å². The molecule has 0 atom stereocenters. The third-order valence-corrected chi connectivity index (χ3v) is 3.33. The van der Waals surface area contributed by atoms with Crippen LogP contribution in [0.5, 0.6) is 0 Å². The summed E-state index contributed by atoms with van der Waals surface area (Å²) >= 11 is 0. The largest absolute Gasteiger partial charge is 0.340 e. The van der Waals surface area contributed by atoms with Gasteiger partial charge in [-0.15, -0.1) is 0 Å². The fraction of sp³-hybridized carbons (Fsp3) is 0. The number of benzene rings is 2. The summed E-state index contributed by atoms with van der Waals surface area (Å²) in [5.74, 6) is -2.76. The number of rotatable bonds is 4. The molecular weight excluding hydrogens is 331 g/mol. The van der Waals surface area contributed by atoms with E-state index in [-0.39, 0.29) is 5.56 Å². The van der Waals surface area contributed by atoms with Crippen LogP contribution >= 0.6 is 0 Å². The topological polar surface area (TPSA) is 54.0 Å². The SMILES string of the molecule is O=C(Nc1ccc(Nc2ccc(F)c(F)c2)nc1)c1ccccc1F. The van der Waals surface area contributed by atoms with Crippen molar-refractivity contribution in [3.63, 3.8) is 0 Å². The molecule has 0 aliphatic rings. The van der Waals surface area contributed by atoms with Crippen LogP contribution in [-0.2, 0) is 0 Å². The first-order chi connectivity index (χ1) is 12.0. The Morgan fingerprint density at radius 1 is 0.840 bits per heavy atom. The predicted octanol–water partition coefficient (Wildman–Crippen LogP) is 4.49. The molecule has 0 fully saturated rings. The fourth-order valence-corrected chi connectivity index (χ4v) is 2.11. The summed E-state index contributed by atoms with van der Waals surface area (Å²) in [6.07, 6.45) is 1.36. The Labute approximate surface area is 141 Å². The Morgan fingerprint density at radius 2 is 1.60 bits per heavy atom. The highest BCUT2D eigenvalue weighted by Gasteiger charge is 2.11. The highest BCUT2D eigenvalue weighted by atomic mass is 19.2. The second kappa shape index (κ2) is 7.04. The van der Waals surface area contributed by atoms with E-state index in [4.69, 9.17) is 0 Å². The van der Waals surface area contributed by atoms with Gasteiger partial charge in [-0.05, 0) is 36.4 Å². The molecule has 0 bridgehead atoms. The summed E-state index contributed by atoms with van der Waals surface area (Å²) in [6, 6.07) is 12.1. The smallest absolute Gasteiger partial charge is 0.258 e. The number of carbonyl (C=O) groups is 1. The van der Waals surface area contributed by atoms with Crippen molar-refractivity contribution in [3.05, 3.63) is 83.8 Å². The van der Waals surface area contributed by atoms with Crippen LogP contribution in [0.4, 0.5) is 30.4 Å². The molecule has 0 radical (unpaired) electrons. The first kappa shape index (κ1) is 16.5. The molecule has 2 N–H and O–H groups in total. The summed E-state index contributed by atoms with van der Waals surface area (Å²) in [7, 11) is 0. The van der Waals surface area contributed by atoms with Gasteiger partial charge in [0.25, 0.3) is 5.91 Å². The zero-order valence-corrected chi connectivity index (χ0v) is 12.8. The second-order valence-corrected chi connectivity index (χ2v) is 5.12. The predicted molar refractivity (Wildman–Crippen MR) is 88.2 cm³/mol. The molecule has 1 amide bonds. The number of nitrogens with one attached hydrogen (secondary N) is 2. The highest BCUT2D eigenvalue weighted by Crippen LogP contribution is 2.19. The van der Waals surface area contributed by atoms with Crippen molar-refractivity contribution in [2.75, 3.05) is 10.6 Å². The number of aromatic nitrogens is 1. The Bertz CT molecular complexity index is 914. The molecule has 0 aliphatic heterocycles. The molecule has 0 spiro atoms. The fourth-order valence-electron chi connectivity index (χ4n) is 2.11. The molecule has 1 heterocycles. The number of anilines is 3. The number of hydrogen-bond donors (Lipinski definition) is 2. The molecule has 2 aromatic carbocycles. The van der Waals surface area contributed by atoms with Crippen molar-refractivity contribution < 1.29 is 18.0 Å². The summed E-state index contributed by atoms with van der Waals surface area (Å²) in [5, 5.41) is 5.33. The normalized spacial score (nSPS) is 10.4. The minimum Gasteiger partial charge on any atom is -0.340 e. The molecule has 0 aliphatic carbocycles. The Kier molecular flexibility index (Phi) is 4.65. The number of amides is 1. The van der Waals surface area contributed by atoms with E-state index in [1.165, 1.54) is 36.5 Å². The summed E-state index contributed by atoms with van der Waals surface area (Å²) in [6.45, 7) is 0. The first-order valence-electron chi connectivity index (χ1n) is 7.27. The zero-order chi connectivity index (χ0) is 17.8. The first-order valence-corrected chi connectivity index (χ1v) is 7.27. The van der Waals surface area contributed by atoms with Crippen LogP contribution in [0.15, 0.2) is 60.8 Å². The molecule has 7 heteroatoms. The van der Waals surface area contributed by atoms with Crippen LogP contribution in [0.25, 0.3) is 0 Å². The van der Waals surface area contributed by atoms with Gasteiger partial charge in [-0.2, -0.15) is 0 Å². The molecule has 0 unspecified atom stereocenters. The van der Waals surface area contributed by atoms with Gasteiger partial charge in [-0.1, -0.05) is 12.1 Å². The highest BCUT2D eigenvalue weighted by molar-refractivity contribution is 6.04. The molecular formula is C18H12F3N3O. The van der Waals surface area contributed by atoms with Crippen molar-refractivity contribution in [2.24, 2.45) is 0 Å². The summed E-state index contributed by atoms with van der Waals surface area (Å²) < 4.78 is 39.6. The van der Waals surface area contributed by atoms with E-state index in [0.29, 0.717) is 17.2 Å². The van der Waals surface area contributed by atoms with Gasteiger partial charge in [-0.25, -0.2) is 18.2 Å². The van der Waals surface area contributed by atoms with Gasteiger partial charge in [-0.3, -0.25) is 4.79 Å². The van der Waals surface area contributed by atoms with Crippen LogP contribution < -0.4 is 10.6 Å². The maximum absolute atomic E-state index is 13.6. The maximum atomic E-state index is 13.6. The van der Waals surface area contributed by atoms with Crippen LogP contribution in [-0.4, -0.2) is 10.9 Å². The maximum Gasteiger partial charge on any atom is 0.258 e. The van der Waals surface area contributed by atoms with E-state index in [1.54, 1.807) is 12.1 Å². The molecule has 0 saturated heterocycles. The molecule has 4 nitrogen and oxygen atoms in total. The molecule has 3 aromatic rings. The number of pyridine rings is 1. The van der Waals surface area contributed by atoms with Crippen molar-refractivity contribution in [2.45, 2.75) is 0 Å². The number of halogens is 3. The molecule has 25 heavy (non-hydrogen) atoms. The molecule has 3 rings (SSSR count). The van der Waals surface area contributed by atoms with Gasteiger partial charge in [0.05, 0.1) is 17.4 Å². The van der Waals surface area contributed by atoms with E-state index in [1.807, 2.05) is 0 Å².